The minimum atomic E-state index is -0.000303. The van der Waals surface area contributed by atoms with Gasteiger partial charge in [-0.1, -0.05) is 6.07 Å². The number of amides is 3. The lowest BCUT2D eigenvalue weighted by Crippen LogP contribution is -2.50. The zero-order valence-corrected chi connectivity index (χ0v) is 15.0. The summed E-state index contributed by atoms with van der Waals surface area (Å²) >= 11 is 0. The van der Waals surface area contributed by atoms with Crippen LogP contribution in [0, 0.1) is 0 Å². The highest BCUT2D eigenvalue weighted by molar-refractivity contribution is 5.98. The van der Waals surface area contributed by atoms with E-state index in [9.17, 15) is 9.59 Å². The monoisotopic (exact) mass is 364 g/mol. The highest BCUT2D eigenvalue weighted by Crippen LogP contribution is 2.27. The average molecular weight is 364 g/mol. The molecule has 0 radical (unpaired) electrons. The molecule has 2 aromatic heterocycles. The molecule has 8 nitrogen and oxygen atoms in total. The van der Waals surface area contributed by atoms with E-state index in [1.165, 1.54) is 0 Å². The summed E-state index contributed by atoms with van der Waals surface area (Å²) in [6.45, 7) is 2.64. The van der Waals surface area contributed by atoms with E-state index in [-0.39, 0.29) is 18.0 Å². The van der Waals surface area contributed by atoms with E-state index in [1.54, 1.807) is 23.0 Å². The molecular formula is C19H20N6O2. The SMILES string of the molecule is CN1CCN(c2cnn(C3CN(C(=O)c4ccc5cc[nH]c5c4)C3)c2)C1=O. The molecule has 0 spiro atoms. The van der Waals surface area contributed by atoms with Crippen molar-refractivity contribution in [1.82, 2.24) is 24.6 Å². The number of likely N-dealkylation sites (tertiary alicyclic amines) is 1. The molecular weight excluding hydrogens is 344 g/mol. The summed E-state index contributed by atoms with van der Waals surface area (Å²) in [5, 5.41) is 5.50. The number of rotatable bonds is 3. The summed E-state index contributed by atoms with van der Waals surface area (Å²) in [5.41, 5.74) is 2.47. The number of urea groups is 1. The van der Waals surface area contributed by atoms with Crippen molar-refractivity contribution in [3.8, 4) is 0 Å². The normalized spacial score (nSPS) is 17.8. The fraction of sp³-hybridized carbons (Fsp3) is 0.316. The first-order valence-corrected chi connectivity index (χ1v) is 9.03. The van der Waals surface area contributed by atoms with Gasteiger partial charge in [-0.15, -0.1) is 0 Å². The van der Waals surface area contributed by atoms with E-state index in [2.05, 4.69) is 10.1 Å². The standard InChI is InChI=1S/C19H20N6O2/c1-22-6-7-24(19(22)27)15-9-21-25(12-15)16-10-23(11-16)18(26)14-3-2-13-4-5-20-17(13)8-14/h2-5,8-9,12,16,20H,6-7,10-11H2,1H3. The maximum atomic E-state index is 12.7. The third kappa shape index (κ3) is 2.56. The molecule has 5 rings (SSSR count). The summed E-state index contributed by atoms with van der Waals surface area (Å²) in [4.78, 5) is 33.2. The lowest BCUT2D eigenvalue weighted by molar-refractivity contribution is 0.0502. The van der Waals surface area contributed by atoms with Gasteiger partial charge in [0, 0.05) is 56.7 Å². The maximum absolute atomic E-state index is 12.7. The second-order valence-corrected chi connectivity index (χ2v) is 7.18. The third-order valence-corrected chi connectivity index (χ3v) is 5.44. The molecule has 0 aliphatic carbocycles. The first-order chi connectivity index (χ1) is 13.1. The number of benzene rings is 1. The fourth-order valence-electron chi connectivity index (χ4n) is 3.71. The Balaban J connectivity index is 1.25. The summed E-state index contributed by atoms with van der Waals surface area (Å²) in [6.07, 6.45) is 5.49. The van der Waals surface area contributed by atoms with Crippen LogP contribution < -0.4 is 4.90 Å². The van der Waals surface area contributed by atoms with Crippen LogP contribution in [0.3, 0.4) is 0 Å². The van der Waals surface area contributed by atoms with Crippen molar-refractivity contribution in [2.75, 3.05) is 38.1 Å². The first kappa shape index (κ1) is 15.9. The predicted octanol–water partition coefficient (Wildman–Crippen LogP) is 1.93. The molecule has 1 aromatic carbocycles. The molecule has 0 bridgehead atoms. The van der Waals surface area contributed by atoms with Gasteiger partial charge in [0.05, 0.1) is 17.9 Å². The number of aromatic nitrogens is 3. The van der Waals surface area contributed by atoms with E-state index in [0.29, 0.717) is 25.2 Å². The van der Waals surface area contributed by atoms with Crippen molar-refractivity contribution >= 4 is 28.5 Å². The number of nitrogens with one attached hydrogen (secondary N) is 1. The van der Waals surface area contributed by atoms with Gasteiger partial charge in [-0.05, 0) is 23.6 Å². The van der Waals surface area contributed by atoms with Gasteiger partial charge in [-0.3, -0.25) is 14.4 Å². The van der Waals surface area contributed by atoms with Gasteiger partial charge in [0.25, 0.3) is 5.91 Å². The van der Waals surface area contributed by atoms with Crippen LogP contribution in [0.2, 0.25) is 0 Å². The summed E-state index contributed by atoms with van der Waals surface area (Å²) in [7, 11) is 1.80. The molecule has 8 heteroatoms. The van der Waals surface area contributed by atoms with Crippen LogP contribution in [0.5, 0.6) is 0 Å². The van der Waals surface area contributed by atoms with Gasteiger partial charge < -0.3 is 14.8 Å². The predicted molar refractivity (Wildman–Crippen MR) is 101 cm³/mol. The third-order valence-electron chi connectivity index (χ3n) is 5.44. The summed E-state index contributed by atoms with van der Waals surface area (Å²) in [5.74, 6) is 0.0338. The van der Waals surface area contributed by atoms with Gasteiger partial charge in [0.2, 0.25) is 0 Å². The minimum Gasteiger partial charge on any atom is -0.361 e. The van der Waals surface area contributed by atoms with Gasteiger partial charge in [-0.2, -0.15) is 5.10 Å². The Morgan fingerprint density at radius 1 is 1.22 bits per heavy atom. The number of aromatic amines is 1. The van der Waals surface area contributed by atoms with Crippen LogP contribution in [0.1, 0.15) is 16.4 Å². The Morgan fingerprint density at radius 2 is 2.07 bits per heavy atom. The lowest BCUT2D eigenvalue weighted by atomic mass is 10.1. The number of carbonyl (C=O) groups excluding carboxylic acids is 2. The zero-order chi connectivity index (χ0) is 18.5. The van der Waals surface area contributed by atoms with Crippen molar-refractivity contribution < 1.29 is 9.59 Å². The molecule has 0 unspecified atom stereocenters. The van der Waals surface area contributed by atoms with Crippen molar-refractivity contribution in [3.05, 3.63) is 48.4 Å². The molecule has 138 valence electrons. The Bertz CT molecular complexity index is 1030. The van der Waals surface area contributed by atoms with Gasteiger partial charge in [-0.25, -0.2) is 4.79 Å². The smallest absolute Gasteiger partial charge is 0.324 e. The van der Waals surface area contributed by atoms with Crippen LogP contribution in [-0.2, 0) is 0 Å². The number of likely N-dealkylation sites (N-methyl/N-ethyl adjacent to an activating group) is 1. The number of fused-ring (bicyclic) bond motifs is 1. The second kappa shape index (κ2) is 5.87. The van der Waals surface area contributed by atoms with Gasteiger partial charge in [0.15, 0.2) is 0 Å². The van der Waals surface area contributed by atoms with Crippen molar-refractivity contribution in [3.63, 3.8) is 0 Å². The van der Waals surface area contributed by atoms with Crippen LogP contribution in [-0.4, -0.2) is 69.7 Å². The molecule has 1 N–H and O–H groups in total. The quantitative estimate of drug-likeness (QED) is 0.771. The minimum absolute atomic E-state index is 0.000303. The molecule has 0 atom stereocenters. The van der Waals surface area contributed by atoms with Crippen LogP contribution in [0.15, 0.2) is 42.9 Å². The molecule has 2 fully saturated rings. The van der Waals surface area contributed by atoms with E-state index in [1.807, 2.05) is 46.2 Å². The fourth-order valence-corrected chi connectivity index (χ4v) is 3.71. The molecule has 0 saturated carbocycles. The lowest BCUT2D eigenvalue weighted by Gasteiger charge is -2.39. The van der Waals surface area contributed by atoms with Crippen molar-refractivity contribution in [1.29, 1.82) is 0 Å². The van der Waals surface area contributed by atoms with E-state index >= 15 is 0 Å². The molecule has 4 heterocycles. The van der Waals surface area contributed by atoms with Gasteiger partial charge >= 0.3 is 6.03 Å². The highest BCUT2D eigenvalue weighted by atomic mass is 16.2. The number of hydrogen-bond acceptors (Lipinski definition) is 3. The molecule has 3 aromatic rings. The Hall–Kier alpha value is -3.29. The van der Waals surface area contributed by atoms with Gasteiger partial charge in [0.1, 0.15) is 0 Å². The van der Waals surface area contributed by atoms with Crippen molar-refractivity contribution in [2.24, 2.45) is 0 Å². The Kier molecular flexibility index (Phi) is 3.46. The number of carbonyl (C=O) groups is 2. The molecule has 3 amide bonds. The number of anilines is 1. The van der Waals surface area contributed by atoms with E-state index in [0.717, 1.165) is 23.1 Å². The number of H-pyrrole nitrogens is 1. The van der Waals surface area contributed by atoms with E-state index < -0.39 is 0 Å². The van der Waals surface area contributed by atoms with Crippen LogP contribution in [0.25, 0.3) is 10.9 Å². The average Bonchev–Trinajstić information content (AvgIpc) is 3.34. The Labute approximate surface area is 155 Å². The summed E-state index contributed by atoms with van der Waals surface area (Å²) in [6, 6.07) is 7.86. The zero-order valence-electron chi connectivity index (χ0n) is 15.0. The van der Waals surface area contributed by atoms with E-state index in [4.69, 9.17) is 0 Å². The summed E-state index contributed by atoms with van der Waals surface area (Å²) < 4.78 is 1.86. The Morgan fingerprint density at radius 3 is 2.85 bits per heavy atom. The maximum Gasteiger partial charge on any atom is 0.324 e. The topological polar surface area (TPSA) is 77.5 Å². The number of nitrogens with zero attached hydrogens (tertiary/aromatic N) is 5. The van der Waals surface area contributed by atoms with Crippen LogP contribution in [0.4, 0.5) is 10.5 Å². The van der Waals surface area contributed by atoms with Crippen LogP contribution >= 0.6 is 0 Å². The highest BCUT2D eigenvalue weighted by Gasteiger charge is 2.34. The molecule has 2 aliphatic heterocycles. The number of hydrogen-bond donors (Lipinski definition) is 1. The second-order valence-electron chi connectivity index (χ2n) is 7.18. The first-order valence-electron chi connectivity index (χ1n) is 9.03. The van der Waals surface area contributed by atoms with Crippen molar-refractivity contribution in [2.45, 2.75) is 6.04 Å². The molecule has 27 heavy (non-hydrogen) atoms. The molecule has 2 saturated heterocycles. The molecule has 2 aliphatic rings. The largest absolute Gasteiger partial charge is 0.361 e.